The highest BCUT2D eigenvalue weighted by molar-refractivity contribution is 6.30. The summed E-state index contributed by atoms with van der Waals surface area (Å²) in [6.07, 6.45) is 1.68. The third-order valence-corrected chi connectivity index (χ3v) is 4.69. The van der Waals surface area contributed by atoms with Crippen LogP contribution in [0.25, 0.3) is 0 Å². The third-order valence-electron chi connectivity index (χ3n) is 4.46. The zero-order valence-corrected chi connectivity index (χ0v) is 14.8. The van der Waals surface area contributed by atoms with Gasteiger partial charge in [-0.15, -0.1) is 0 Å². The van der Waals surface area contributed by atoms with Crippen molar-refractivity contribution in [3.63, 3.8) is 0 Å². The number of carbonyl (C=O) groups excluding carboxylic acids is 1. The van der Waals surface area contributed by atoms with E-state index in [1.54, 1.807) is 12.4 Å². The van der Waals surface area contributed by atoms with Gasteiger partial charge in [0.25, 0.3) is 5.91 Å². The second-order valence-electron chi connectivity index (χ2n) is 6.22. The first-order valence-electron chi connectivity index (χ1n) is 8.44. The van der Waals surface area contributed by atoms with Crippen LogP contribution in [0.2, 0.25) is 5.02 Å². The van der Waals surface area contributed by atoms with Crippen molar-refractivity contribution in [2.75, 3.05) is 0 Å². The van der Waals surface area contributed by atoms with E-state index in [2.05, 4.69) is 10.3 Å². The van der Waals surface area contributed by atoms with E-state index >= 15 is 0 Å². The normalized spacial score (nSPS) is 16.1. The van der Waals surface area contributed by atoms with Crippen molar-refractivity contribution in [2.24, 2.45) is 0 Å². The molecule has 1 atom stereocenters. The molecule has 0 unspecified atom stereocenters. The summed E-state index contributed by atoms with van der Waals surface area (Å²) < 4.78 is 7.96. The second-order valence-corrected chi connectivity index (χ2v) is 6.65. The lowest BCUT2D eigenvalue weighted by Crippen LogP contribution is -2.27. The molecule has 1 aliphatic heterocycles. The molecule has 2 heterocycles. The van der Waals surface area contributed by atoms with Crippen molar-refractivity contribution in [1.82, 2.24) is 14.9 Å². The first-order chi connectivity index (χ1) is 12.7. The summed E-state index contributed by atoms with van der Waals surface area (Å²) >= 11 is 5.97. The largest absolute Gasteiger partial charge is 0.365 e. The zero-order chi connectivity index (χ0) is 17.9. The van der Waals surface area contributed by atoms with Gasteiger partial charge in [0, 0.05) is 11.6 Å². The van der Waals surface area contributed by atoms with E-state index < -0.39 is 0 Å². The van der Waals surface area contributed by atoms with Crippen LogP contribution < -0.4 is 5.32 Å². The molecule has 1 aliphatic rings. The highest BCUT2D eigenvalue weighted by atomic mass is 35.5. The molecule has 132 valence electrons. The van der Waals surface area contributed by atoms with Crippen LogP contribution >= 0.6 is 11.6 Å². The summed E-state index contributed by atoms with van der Waals surface area (Å²) in [5, 5.41) is 3.54. The molecule has 26 heavy (non-hydrogen) atoms. The van der Waals surface area contributed by atoms with E-state index in [9.17, 15) is 4.79 Å². The molecule has 0 aliphatic carbocycles. The number of imidazole rings is 1. The third kappa shape index (κ3) is 3.49. The lowest BCUT2D eigenvalue weighted by Gasteiger charge is -2.25. The van der Waals surface area contributed by atoms with Crippen LogP contribution in [0.5, 0.6) is 0 Å². The number of hydrogen-bond acceptors (Lipinski definition) is 3. The smallest absolute Gasteiger partial charge is 0.272 e. The topological polar surface area (TPSA) is 56.2 Å². The Bertz CT molecular complexity index is 924. The van der Waals surface area contributed by atoms with Crippen LogP contribution in [0.15, 0.2) is 60.9 Å². The molecule has 0 saturated heterocycles. The standard InChI is InChI=1S/C20H18ClN3O2/c21-16-8-4-5-14(9-16)10-22-20(25)19-17-12-26-18(11-24(17)13-23-19)15-6-2-1-3-7-15/h1-9,13,18H,10-12H2,(H,22,25)/t18-/m0/s1. The molecule has 6 heteroatoms. The Morgan fingerprint density at radius 2 is 2.08 bits per heavy atom. The summed E-state index contributed by atoms with van der Waals surface area (Å²) in [4.78, 5) is 16.8. The van der Waals surface area contributed by atoms with Gasteiger partial charge in [-0.3, -0.25) is 4.79 Å². The molecule has 0 radical (unpaired) electrons. The molecule has 1 N–H and O–H groups in total. The quantitative estimate of drug-likeness (QED) is 0.764. The summed E-state index contributed by atoms with van der Waals surface area (Å²) in [6, 6.07) is 17.5. The van der Waals surface area contributed by atoms with Gasteiger partial charge in [-0.2, -0.15) is 0 Å². The number of aromatic nitrogens is 2. The minimum atomic E-state index is -0.208. The number of rotatable bonds is 4. The average molecular weight is 368 g/mol. The van der Waals surface area contributed by atoms with Crippen LogP contribution in [0.1, 0.15) is 33.4 Å². The van der Waals surface area contributed by atoms with Gasteiger partial charge in [-0.1, -0.05) is 54.1 Å². The Kier molecular flexibility index (Phi) is 4.73. The molecule has 3 aromatic rings. The number of carbonyl (C=O) groups is 1. The molecule has 0 bridgehead atoms. The fourth-order valence-electron chi connectivity index (χ4n) is 3.10. The number of nitrogens with one attached hydrogen (secondary N) is 1. The maximum atomic E-state index is 12.5. The fraction of sp³-hybridized carbons (Fsp3) is 0.200. The van der Waals surface area contributed by atoms with Crippen molar-refractivity contribution < 1.29 is 9.53 Å². The molecule has 0 saturated carbocycles. The van der Waals surface area contributed by atoms with Crippen LogP contribution in [-0.2, 0) is 24.4 Å². The molecule has 2 aromatic carbocycles. The van der Waals surface area contributed by atoms with Crippen LogP contribution in [-0.4, -0.2) is 15.5 Å². The van der Waals surface area contributed by atoms with Gasteiger partial charge in [0.15, 0.2) is 5.69 Å². The SMILES string of the molecule is O=C(NCc1cccc(Cl)c1)c1ncn2c1CO[C@H](c1ccccc1)C2. The van der Waals surface area contributed by atoms with Crippen molar-refractivity contribution >= 4 is 17.5 Å². The highest BCUT2D eigenvalue weighted by Gasteiger charge is 2.26. The van der Waals surface area contributed by atoms with Gasteiger partial charge >= 0.3 is 0 Å². The number of benzene rings is 2. The van der Waals surface area contributed by atoms with E-state index in [1.165, 1.54) is 0 Å². The van der Waals surface area contributed by atoms with Crippen molar-refractivity contribution in [3.05, 3.63) is 88.5 Å². The number of halogens is 1. The first-order valence-corrected chi connectivity index (χ1v) is 8.81. The minimum absolute atomic E-state index is 0.0275. The fourth-order valence-corrected chi connectivity index (χ4v) is 3.31. The van der Waals surface area contributed by atoms with E-state index in [0.717, 1.165) is 16.8 Å². The predicted molar refractivity (Wildman–Crippen MR) is 98.8 cm³/mol. The maximum absolute atomic E-state index is 12.5. The van der Waals surface area contributed by atoms with Gasteiger partial charge in [0.05, 0.1) is 25.2 Å². The Hall–Kier alpha value is -2.63. The van der Waals surface area contributed by atoms with E-state index in [1.807, 2.05) is 53.1 Å². The predicted octanol–water partition coefficient (Wildman–Crippen LogP) is 3.74. The monoisotopic (exact) mass is 367 g/mol. The summed E-state index contributed by atoms with van der Waals surface area (Å²) in [5.41, 5.74) is 3.29. The van der Waals surface area contributed by atoms with Crippen molar-refractivity contribution in [2.45, 2.75) is 25.8 Å². The molecule has 0 spiro atoms. The highest BCUT2D eigenvalue weighted by Crippen LogP contribution is 2.27. The average Bonchev–Trinajstić information content (AvgIpc) is 3.10. The van der Waals surface area contributed by atoms with Crippen molar-refractivity contribution in [3.8, 4) is 0 Å². The van der Waals surface area contributed by atoms with E-state index in [-0.39, 0.29) is 12.0 Å². The summed E-state index contributed by atoms with van der Waals surface area (Å²) in [7, 11) is 0. The molecule has 4 rings (SSSR count). The Balaban J connectivity index is 1.45. The lowest BCUT2D eigenvalue weighted by atomic mass is 10.1. The molecule has 0 fully saturated rings. The zero-order valence-electron chi connectivity index (χ0n) is 14.1. The van der Waals surface area contributed by atoms with Gasteiger partial charge in [-0.05, 0) is 23.3 Å². The Labute approximate surface area is 156 Å². The van der Waals surface area contributed by atoms with Gasteiger partial charge in [0.2, 0.25) is 0 Å². The van der Waals surface area contributed by atoms with E-state index in [4.69, 9.17) is 16.3 Å². The molecule has 1 amide bonds. The molecular weight excluding hydrogens is 350 g/mol. The summed E-state index contributed by atoms with van der Waals surface area (Å²) in [6.45, 7) is 1.41. The maximum Gasteiger partial charge on any atom is 0.272 e. The minimum Gasteiger partial charge on any atom is -0.365 e. The van der Waals surface area contributed by atoms with Crippen LogP contribution in [0, 0.1) is 0 Å². The molecule has 5 nitrogen and oxygen atoms in total. The molecular formula is C20H18ClN3O2. The van der Waals surface area contributed by atoms with Crippen LogP contribution in [0.3, 0.4) is 0 Å². The first kappa shape index (κ1) is 16.8. The van der Waals surface area contributed by atoms with Gasteiger partial charge in [0.1, 0.15) is 6.10 Å². The second kappa shape index (κ2) is 7.32. The van der Waals surface area contributed by atoms with Gasteiger partial charge < -0.3 is 14.6 Å². The molecule has 1 aromatic heterocycles. The number of ether oxygens (including phenoxy) is 1. The number of fused-ring (bicyclic) bond motifs is 1. The van der Waals surface area contributed by atoms with Crippen molar-refractivity contribution in [1.29, 1.82) is 0 Å². The number of hydrogen-bond donors (Lipinski definition) is 1. The number of amides is 1. The Morgan fingerprint density at radius 3 is 2.88 bits per heavy atom. The number of nitrogens with zero attached hydrogens (tertiary/aromatic N) is 2. The summed E-state index contributed by atoms with van der Waals surface area (Å²) in [5.74, 6) is -0.208. The van der Waals surface area contributed by atoms with E-state index in [0.29, 0.717) is 30.4 Å². The van der Waals surface area contributed by atoms with Crippen LogP contribution in [0.4, 0.5) is 0 Å². The van der Waals surface area contributed by atoms with Gasteiger partial charge in [-0.25, -0.2) is 4.98 Å². The lowest BCUT2D eigenvalue weighted by molar-refractivity contribution is 0.00257. The Morgan fingerprint density at radius 1 is 1.23 bits per heavy atom.